The fraction of sp³-hybridized carbons (Fsp3) is 0.154. The zero-order chi connectivity index (χ0) is 24.2. The second-order valence-corrected chi connectivity index (χ2v) is 7.67. The Bertz CT molecular complexity index is 1530. The van der Waals surface area contributed by atoms with E-state index in [9.17, 15) is 9.90 Å². The van der Waals surface area contributed by atoms with Crippen molar-refractivity contribution in [2.24, 2.45) is 0 Å². The number of rotatable bonds is 5. The quantitative estimate of drug-likeness (QED) is 0.269. The lowest BCUT2D eigenvalue weighted by atomic mass is 10.1. The first-order chi connectivity index (χ1) is 16.4. The fourth-order valence-electron chi connectivity index (χ4n) is 3.83. The molecule has 0 saturated carbocycles. The molecule has 8 nitrogen and oxygen atoms in total. The summed E-state index contributed by atoms with van der Waals surface area (Å²) in [7, 11) is 0. The molecule has 2 heterocycles. The normalized spacial score (nSPS) is 10.5. The molecular weight excluding hydrogens is 428 g/mol. The van der Waals surface area contributed by atoms with Gasteiger partial charge < -0.3 is 16.2 Å². The summed E-state index contributed by atoms with van der Waals surface area (Å²) in [4.78, 5) is 21.9. The molecule has 4 rings (SSSR count). The summed E-state index contributed by atoms with van der Waals surface area (Å²) in [5.74, 6) is 6.08. The van der Waals surface area contributed by atoms with E-state index in [-0.39, 0.29) is 29.4 Å². The maximum atomic E-state index is 13.6. The number of nitrogen functional groups attached to an aromatic ring is 1. The van der Waals surface area contributed by atoms with E-state index in [1.54, 1.807) is 18.2 Å². The van der Waals surface area contributed by atoms with Gasteiger partial charge in [0.2, 0.25) is 0 Å². The smallest absolute Gasteiger partial charge is 0.263 e. The molecule has 0 fully saturated rings. The molecule has 0 saturated heterocycles. The van der Waals surface area contributed by atoms with E-state index in [0.717, 1.165) is 10.9 Å². The lowest BCUT2D eigenvalue weighted by Crippen LogP contribution is -2.24. The minimum absolute atomic E-state index is 0.00896. The first-order valence-corrected chi connectivity index (χ1v) is 10.8. The molecule has 2 aromatic heterocycles. The standard InChI is InChI=1S/C26H24N6O2/c1-3-4-10-19(27)23-24(28)30-15-31-25(23)29-14-18-13-17-9-7-8-16(2)22(17)26(34)32(18)20-11-5-6-12-21(20)33/h5-9,11-13,15,27,33H,3,14H2,1-2H3,(H3,28,29,30,31). The van der Waals surface area contributed by atoms with E-state index in [1.807, 2.05) is 38.1 Å². The summed E-state index contributed by atoms with van der Waals surface area (Å²) in [6, 6.07) is 14.3. The number of fused-ring (bicyclic) bond motifs is 1. The summed E-state index contributed by atoms with van der Waals surface area (Å²) in [6.07, 6.45) is 1.91. The van der Waals surface area contributed by atoms with Crippen molar-refractivity contribution in [2.45, 2.75) is 26.8 Å². The number of phenols is 1. The molecule has 0 unspecified atom stereocenters. The van der Waals surface area contributed by atoms with Gasteiger partial charge in [0.15, 0.2) is 0 Å². The maximum Gasteiger partial charge on any atom is 0.263 e. The van der Waals surface area contributed by atoms with Crippen molar-refractivity contribution >= 4 is 28.1 Å². The predicted octanol–water partition coefficient (Wildman–Crippen LogP) is 3.77. The summed E-state index contributed by atoms with van der Waals surface area (Å²) < 4.78 is 1.49. The molecule has 0 amide bonds. The van der Waals surface area contributed by atoms with Crippen molar-refractivity contribution in [3.8, 4) is 23.3 Å². The minimum atomic E-state index is -0.238. The zero-order valence-corrected chi connectivity index (χ0v) is 18.9. The SMILES string of the molecule is CCC#CC(=N)c1c(N)ncnc1NCc1cc2cccc(C)c2c(=O)n1-c1ccccc1O. The van der Waals surface area contributed by atoms with Crippen molar-refractivity contribution in [3.63, 3.8) is 0 Å². The highest BCUT2D eigenvalue weighted by atomic mass is 16.3. The minimum Gasteiger partial charge on any atom is -0.506 e. The highest BCUT2D eigenvalue weighted by Crippen LogP contribution is 2.25. The van der Waals surface area contributed by atoms with E-state index < -0.39 is 0 Å². The average molecular weight is 453 g/mol. The summed E-state index contributed by atoms with van der Waals surface area (Å²) in [5, 5.41) is 23.4. The highest BCUT2D eigenvalue weighted by Gasteiger charge is 2.17. The first-order valence-electron chi connectivity index (χ1n) is 10.8. The Hall–Kier alpha value is -4.64. The Morgan fingerprint density at radius 3 is 2.76 bits per heavy atom. The molecule has 5 N–H and O–H groups in total. The van der Waals surface area contributed by atoms with Crippen molar-refractivity contribution in [3.05, 3.63) is 82.0 Å². The Morgan fingerprint density at radius 1 is 1.21 bits per heavy atom. The van der Waals surface area contributed by atoms with Crippen molar-refractivity contribution in [1.82, 2.24) is 14.5 Å². The molecule has 0 aliphatic heterocycles. The third-order valence-corrected chi connectivity index (χ3v) is 5.41. The van der Waals surface area contributed by atoms with Crippen molar-refractivity contribution in [1.29, 1.82) is 5.41 Å². The average Bonchev–Trinajstić information content (AvgIpc) is 2.82. The number of aromatic nitrogens is 3. The highest BCUT2D eigenvalue weighted by molar-refractivity contribution is 6.16. The molecule has 170 valence electrons. The monoisotopic (exact) mass is 452 g/mol. The van der Waals surface area contributed by atoms with Crippen LogP contribution in [0.2, 0.25) is 0 Å². The molecule has 2 aromatic carbocycles. The lowest BCUT2D eigenvalue weighted by molar-refractivity contribution is 0.471. The van der Waals surface area contributed by atoms with E-state index >= 15 is 0 Å². The number of benzene rings is 2. The van der Waals surface area contributed by atoms with Crippen LogP contribution in [0, 0.1) is 24.2 Å². The van der Waals surface area contributed by atoms with Gasteiger partial charge in [-0.15, -0.1) is 0 Å². The Balaban J connectivity index is 1.85. The number of hydrogen-bond donors (Lipinski definition) is 4. The van der Waals surface area contributed by atoms with Crippen LogP contribution in [0.25, 0.3) is 16.5 Å². The fourth-order valence-corrected chi connectivity index (χ4v) is 3.83. The van der Waals surface area contributed by atoms with Crippen LogP contribution in [0.5, 0.6) is 5.75 Å². The molecule has 0 atom stereocenters. The largest absolute Gasteiger partial charge is 0.506 e. The second-order valence-electron chi connectivity index (χ2n) is 7.67. The van der Waals surface area contributed by atoms with E-state index in [2.05, 4.69) is 27.1 Å². The van der Waals surface area contributed by atoms with Gasteiger partial charge in [-0.1, -0.05) is 43.2 Å². The molecule has 0 aliphatic rings. The number of nitrogens with one attached hydrogen (secondary N) is 2. The Kier molecular flexibility index (Phi) is 6.28. The van der Waals surface area contributed by atoms with Gasteiger partial charge in [-0.2, -0.15) is 0 Å². The predicted molar refractivity (Wildman–Crippen MR) is 135 cm³/mol. The number of aromatic hydroxyl groups is 1. The van der Waals surface area contributed by atoms with E-state index in [4.69, 9.17) is 11.1 Å². The topological polar surface area (TPSA) is 130 Å². The third kappa shape index (κ3) is 4.19. The van der Waals surface area contributed by atoms with Gasteiger partial charge in [-0.05, 0) is 42.0 Å². The number of hydrogen-bond acceptors (Lipinski definition) is 7. The van der Waals surface area contributed by atoms with Gasteiger partial charge in [-0.25, -0.2) is 9.97 Å². The van der Waals surface area contributed by atoms with Gasteiger partial charge in [0.05, 0.1) is 23.2 Å². The van der Waals surface area contributed by atoms with Crippen LogP contribution in [0.3, 0.4) is 0 Å². The van der Waals surface area contributed by atoms with Gasteiger partial charge >= 0.3 is 0 Å². The van der Waals surface area contributed by atoms with Crippen LogP contribution in [-0.2, 0) is 6.54 Å². The number of para-hydroxylation sites is 2. The zero-order valence-electron chi connectivity index (χ0n) is 18.9. The molecule has 0 bridgehead atoms. The molecule has 0 aliphatic carbocycles. The van der Waals surface area contributed by atoms with Gasteiger partial charge in [0.25, 0.3) is 5.56 Å². The lowest BCUT2D eigenvalue weighted by Gasteiger charge is -2.18. The third-order valence-electron chi connectivity index (χ3n) is 5.41. The molecule has 34 heavy (non-hydrogen) atoms. The van der Waals surface area contributed by atoms with Crippen LogP contribution < -0.4 is 16.6 Å². The molecule has 4 aromatic rings. The van der Waals surface area contributed by atoms with Crippen LogP contribution in [0.4, 0.5) is 11.6 Å². The van der Waals surface area contributed by atoms with E-state index in [0.29, 0.717) is 34.6 Å². The van der Waals surface area contributed by atoms with E-state index in [1.165, 1.54) is 17.0 Å². The summed E-state index contributed by atoms with van der Waals surface area (Å²) in [5.41, 5.74) is 7.92. The van der Waals surface area contributed by atoms with Gasteiger partial charge in [0, 0.05) is 12.1 Å². The van der Waals surface area contributed by atoms with Crippen molar-refractivity contribution in [2.75, 3.05) is 11.1 Å². The number of aryl methyl sites for hydroxylation is 1. The Morgan fingerprint density at radius 2 is 2.00 bits per heavy atom. The van der Waals surface area contributed by atoms with Gasteiger partial charge in [-0.3, -0.25) is 14.8 Å². The first kappa shape index (κ1) is 22.6. The van der Waals surface area contributed by atoms with Crippen LogP contribution in [-0.4, -0.2) is 25.4 Å². The maximum absolute atomic E-state index is 13.6. The number of anilines is 2. The molecule has 0 radical (unpaired) electrons. The van der Waals surface area contributed by atoms with Crippen LogP contribution in [0.1, 0.15) is 30.2 Å². The number of nitrogens with zero attached hydrogens (tertiary/aromatic N) is 3. The van der Waals surface area contributed by atoms with Crippen molar-refractivity contribution < 1.29 is 5.11 Å². The summed E-state index contributed by atoms with van der Waals surface area (Å²) >= 11 is 0. The van der Waals surface area contributed by atoms with Gasteiger partial charge in [0.1, 0.15) is 29.4 Å². The number of nitrogens with two attached hydrogens (primary N) is 1. The molecular formula is C26H24N6O2. The number of phenolic OH excluding ortho intramolecular Hbond substituents is 1. The van der Waals surface area contributed by atoms with Crippen LogP contribution >= 0.6 is 0 Å². The van der Waals surface area contributed by atoms with Crippen LogP contribution in [0.15, 0.2) is 59.7 Å². The second kappa shape index (κ2) is 9.46. The Labute approximate surface area is 196 Å². The summed E-state index contributed by atoms with van der Waals surface area (Å²) in [6.45, 7) is 3.95. The number of pyridine rings is 1. The molecule has 0 spiro atoms. The molecule has 8 heteroatoms.